The molecule has 0 aromatic carbocycles. The number of aromatic nitrogens is 4. The Kier molecular flexibility index (Phi) is 7.89. The highest BCUT2D eigenvalue weighted by Crippen LogP contribution is 2.34. The SMILES string of the molecule is C=CCCOC(=O)N1CCC(Nc2nc(NC3CCC(N)CC3)nc3c2ncn3C2CCCC2)CC1. The molecule has 1 amide bonds. The number of piperidine rings is 1. The third-order valence-electron chi connectivity index (χ3n) is 7.89. The van der Waals surface area contributed by atoms with Crippen LogP contribution in [0.2, 0.25) is 0 Å². The van der Waals surface area contributed by atoms with Crippen molar-refractivity contribution in [3.05, 3.63) is 19.0 Å². The summed E-state index contributed by atoms with van der Waals surface area (Å²) in [5.41, 5.74) is 7.83. The molecule has 0 spiro atoms. The first-order valence-corrected chi connectivity index (χ1v) is 13.7. The minimum Gasteiger partial charge on any atom is -0.449 e. The lowest BCUT2D eigenvalue weighted by Crippen LogP contribution is -2.42. The van der Waals surface area contributed by atoms with E-state index in [0.29, 0.717) is 50.2 Å². The van der Waals surface area contributed by atoms with E-state index in [0.717, 1.165) is 55.5 Å². The molecule has 0 atom stereocenters. The van der Waals surface area contributed by atoms with Gasteiger partial charge in [0.05, 0.1) is 12.9 Å². The van der Waals surface area contributed by atoms with Crippen LogP contribution >= 0.6 is 0 Å². The third-order valence-corrected chi connectivity index (χ3v) is 7.89. The Hall–Kier alpha value is -2.88. The van der Waals surface area contributed by atoms with Crippen molar-refractivity contribution in [2.24, 2.45) is 5.73 Å². The molecule has 0 radical (unpaired) electrons. The van der Waals surface area contributed by atoms with Crippen LogP contribution in [0.5, 0.6) is 0 Å². The number of rotatable bonds is 8. The Balaban J connectivity index is 1.30. The number of amides is 1. The summed E-state index contributed by atoms with van der Waals surface area (Å²) in [6.07, 6.45) is 14.7. The summed E-state index contributed by atoms with van der Waals surface area (Å²) < 4.78 is 7.57. The summed E-state index contributed by atoms with van der Waals surface area (Å²) in [5.74, 6) is 1.44. The number of hydrogen-bond acceptors (Lipinski definition) is 8. The molecule has 2 saturated carbocycles. The molecule has 196 valence electrons. The molecule has 3 heterocycles. The summed E-state index contributed by atoms with van der Waals surface area (Å²) in [6, 6.07) is 1.30. The van der Waals surface area contributed by atoms with Crippen LogP contribution < -0.4 is 16.4 Å². The number of likely N-dealkylation sites (tertiary alicyclic amines) is 1. The minimum atomic E-state index is -0.242. The Morgan fingerprint density at radius 3 is 2.50 bits per heavy atom. The van der Waals surface area contributed by atoms with E-state index < -0.39 is 0 Å². The molecule has 3 aliphatic rings. The zero-order valence-corrected chi connectivity index (χ0v) is 21.2. The van der Waals surface area contributed by atoms with Gasteiger partial charge in [-0.3, -0.25) is 0 Å². The fraction of sp³-hybridized carbons (Fsp3) is 0.692. The lowest BCUT2D eigenvalue weighted by Gasteiger charge is -2.32. The van der Waals surface area contributed by atoms with Crippen molar-refractivity contribution in [2.45, 2.75) is 94.8 Å². The molecule has 10 heteroatoms. The van der Waals surface area contributed by atoms with Crippen molar-refractivity contribution in [1.29, 1.82) is 0 Å². The minimum absolute atomic E-state index is 0.206. The predicted octanol–water partition coefficient (Wildman–Crippen LogP) is 4.21. The lowest BCUT2D eigenvalue weighted by molar-refractivity contribution is 0.0953. The molecular formula is C26H40N8O2. The quantitative estimate of drug-likeness (QED) is 0.367. The number of nitrogens with one attached hydrogen (secondary N) is 2. The van der Waals surface area contributed by atoms with Crippen LogP contribution in [-0.2, 0) is 4.74 Å². The van der Waals surface area contributed by atoms with Crippen LogP contribution in [0.25, 0.3) is 11.2 Å². The first kappa shape index (κ1) is 24.8. The van der Waals surface area contributed by atoms with E-state index in [1.807, 2.05) is 6.33 Å². The zero-order chi connectivity index (χ0) is 24.9. The summed E-state index contributed by atoms with van der Waals surface area (Å²) in [7, 11) is 0. The zero-order valence-electron chi connectivity index (χ0n) is 21.2. The van der Waals surface area contributed by atoms with Crippen LogP contribution in [0.4, 0.5) is 16.6 Å². The standard InChI is InChI=1S/C26H40N8O2/c1-2-3-16-36-26(35)33-14-12-20(13-15-33)29-23-22-24(34(17-28-22)21-6-4-5-7-21)32-25(31-23)30-19-10-8-18(27)9-11-19/h2,17-21H,1,3-16,27H2,(H2,29,30,31,32). The van der Waals surface area contributed by atoms with Crippen molar-refractivity contribution in [3.8, 4) is 0 Å². The predicted molar refractivity (Wildman–Crippen MR) is 141 cm³/mol. The number of nitrogens with two attached hydrogens (primary N) is 1. The van der Waals surface area contributed by atoms with Crippen LogP contribution in [0.3, 0.4) is 0 Å². The van der Waals surface area contributed by atoms with Gasteiger partial charge in [0.1, 0.15) is 0 Å². The number of ether oxygens (including phenoxy) is 1. The smallest absolute Gasteiger partial charge is 0.409 e. The average Bonchev–Trinajstić information content (AvgIpc) is 3.56. The number of carbonyl (C=O) groups is 1. The van der Waals surface area contributed by atoms with Gasteiger partial charge in [-0.1, -0.05) is 18.9 Å². The summed E-state index contributed by atoms with van der Waals surface area (Å²) >= 11 is 0. The molecule has 1 saturated heterocycles. The molecule has 1 aliphatic heterocycles. The van der Waals surface area contributed by atoms with E-state index >= 15 is 0 Å². The number of carbonyl (C=O) groups excluding carboxylic acids is 1. The van der Waals surface area contributed by atoms with Crippen LogP contribution in [0.15, 0.2) is 19.0 Å². The van der Waals surface area contributed by atoms with Crippen LogP contribution in [0.1, 0.15) is 76.7 Å². The highest BCUT2D eigenvalue weighted by Gasteiger charge is 2.27. The van der Waals surface area contributed by atoms with Gasteiger partial charge >= 0.3 is 6.09 Å². The Morgan fingerprint density at radius 2 is 1.78 bits per heavy atom. The second-order valence-corrected chi connectivity index (χ2v) is 10.5. The van der Waals surface area contributed by atoms with Gasteiger partial charge in [-0.15, -0.1) is 6.58 Å². The average molecular weight is 497 g/mol. The van der Waals surface area contributed by atoms with Gasteiger partial charge in [0.15, 0.2) is 17.0 Å². The first-order valence-electron chi connectivity index (χ1n) is 13.7. The van der Waals surface area contributed by atoms with E-state index in [9.17, 15) is 4.79 Å². The van der Waals surface area contributed by atoms with Crippen molar-refractivity contribution in [2.75, 3.05) is 30.3 Å². The largest absolute Gasteiger partial charge is 0.449 e. The van der Waals surface area contributed by atoms with Gasteiger partial charge in [0.25, 0.3) is 0 Å². The molecule has 0 unspecified atom stereocenters. The van der Waals surface area contributed by atoms with Gasteiger partial charge in [0.2, 0.25) is 5.95 Å². The number of imidazole rings is 1. The van der Waals surface area contributed by atoms with Gasteiger partial charge in [-0.25, -0.2) is 9.78 Å². The highest BCUT2D eigenvalue weighted by atomic mass is 16.6. The molecule has 36 heavy (non-hydrogen) atoms. The fourth-order valence-electron chi connectivity index (χ4n) is 5.70. The van der Waals surface area contributed by atoms with Crippen molar-refractivity contribution < 1.29 is 9.53 Å². The topological polar surface area (TPSA) is 123 Å². The summed E-state index contributed by atoms with van der Waals surface area (Å²) in [5, 5.41) is 7.24. The molecule has 0 bridgehead atoms. The van der Waals surface area contributed by atoms with Gasteiger partial charge in [-0.2, -0.15) is 9.97 Å². The van der Waals surface area contributed by atoms with E-state index in [2.05, 4.69) is 21.8 Å². The Morgan fingerprint density at radius 1 is 1.06 bits per heavy atom. The van der Waals surface area contributed by atoms with E-state index in [1.54, 1.807) is 11.0 Å². The number of nitrogens with zero attached hydrogens (tertiary/aromatic N) is 5. The number of fused-ring (bicyclic) bond motifs is 1. The van der Waals surface area contributed by atoms with Crippen LogP contribution in [-0.4, -0.2) is 68.3 Å². The van der Waals surface area contributed by atoms with Gasteiger partial charge in [0, 0.05) is 37.3 Å². The van der Waals surface area contributed by atoms with Crippen molar-refractivity contribution >= 4 is 29.0 Å². The monoisotopic (exact) mass is 496 g/mol. The number of anilines is 2. The maximum absolute atomic E-state index is 12.3. The highest BCUT2D eigenvalue weighted by molar-refractivity contribution is 5.84. The van der Waals surface area contributed by atoms with E-state index in [-0.39, 0.29) is 12.1 Å². The van der Waals surface area contributed by atoms with Crippen LogP contribution in [0, 0.1) is 0 Å². The molecule has 2 aromatic heterocycles. The van der Waals surface area contributed by atoms with Gasteiger partial charge in [-0.05, 0) is 57.8 Å². The molecule has 4 N–H and O–H groups in total. The maximum atomic E-state index is 12.3. The number of hydrogen-bond donors (Lipinski definition) is 3. The Labute approximate surface area is 213 Å². The first-order chi connectivity index (χ1) is 17.6. The molecule has 5 rings (SSSR count). The normalized spacial score (nSPS) is 23.6. The summed E-state index contributed by atoms with van der Waals surface area (Å²) in [6.45, 7) is 5.36. The second-order valence-electron chi connectivity index (χ2n) is 10.5. The molecular weight excluding hydrogens is 456 g/mol. The lowest BCUT2D eigenvalue weighted by atomic mass is 9.92. The second kappa shape index (κ2) is 11.5. The maximum Gasteiger partial charge on any atom is 0.409 e. The molecule has 10 nitrogen and oxygen atoms in total. The third kappa shape index (κ3) is 5.74. The molecule has 2 aliphatic carbocycles. The van der Waals surface area contributed by atoms with Crippen molar-refractivity contribution in [3.63, 3.8) is 0 Å². The summed E-state index contributed by atoms with van der Waals surface area (Å²) in [4.78, 5) is 28.7. The van der Waals surface area contributed by atoms with Gasteiger partial charge < -0.3 is 30.6 Å². The Bertz CT molecular complexity index is 1030. The fourth-order valence-corrected chi connectivity index (χ4v) is 5.70. The van der Waals surface area contributed by atoms with E-state index in [1.165, 1.54) is 25.7 Å². The molecule has 2 aromatic rings. The van der Waals surface area contributed by atoms with Crippen molar-refractivity contribution in [1.82, 2.24) is 24.4 Å². The molecule has 3 fully saturated rings. The van der Waals surface area contributed by atoms with E-state index in [4.69, 9.17) is 25.4 Å².